The molecule has 2 aromatic rings. The second-order valence-electron chi connectivity index (χ2n) is 6.15. The Kier molecular flexibility index (Phi) is 3.28. The van der Waals surface area contributed by atoms with Crippen LogP contribution in [-0.2, 0) is 9.59 Å². The summed E-state index contributed by atoms with van der Waals surface area (Å²) in [6.45, 7) is 1.86. The number of amides is 4. The zero-order valence-corrected chi connectivity index (χ0v) is 13.4. The number of fused-ring (bicyclic) bond motifs is 1. The van der Waals surface area contributed by atoms with Gasteiger partial charge in [0, 0.05) is 0 Å². The van der Waals surface area contributed by atoms with Gasteiger partial charge in [-0.2, -0.15) is 0 Å². The maximum Gasteiger partial charge on any atom is 0.262 e. The molecule has 1 fully saturated rings. The number of carbonyl (C=O) groups is 4. The van der Waals surface area contributed by atoms with E-state index in [0.29, 0.717) is 5.69 Å². The standard InChI is InChI=1S/C19H14N2O4/c1-11-5-4-6-12(9-11)20-16(22)10-15(19(20)25)21-17(23)13-7-2-3-8-14(13)18(21)24/h2-9,15H,10H2,1H3. The number of aryl methyl sites for hydroxylation is 1. The molecule has 1 saturated heterocycles. The second-order valence-corrected chi connectivity index (χ2v) is 6.15. The molecule has 2 heterocycles. The number of imide groups is 2. The summed E-state index contributed by atoms with van der Waals surface area (Å²) in [6.07, 6.45) is -0.196. The maximum absolute atomic E-state index is 12.8. The average Bonchev–Trinajstić information content (AvgIpc) is 3.02. The molecule has 0 N–H and O–H groups in total. The molecule has 6 nitrogen and oxygen atoms in total. The molecule has 2 aromatic carbocycles. The van der Waals surface area contributed by atoms with Crippen LogP contribution in [0, 0.1) is 6.92 Å². The molecule has 0 radical (unpaired) electrons. The third kappa shape index (κ3) is 2.18. The molecular weight excluding hydrogens is 320 g/mol. The van der Waals surface area contributed by atoms with Crippen LogP contribution in [0.15, 0.2) is 48.5 Å². The van der Waals surface area contributed by atoms with Crippen molar-refractivity contribution in [3.8, 4) is 0 Å². The van der Waals surface area contributed by atoms with Gasteiger partial charge in [-0.1, -0.05) is 24.3 Å². The van der Waals surface area contributed by atoms with Crippen LogP contribution in [0.3, 0.4) is 0 Å². The van der Waals surface area contributed by atoms with E-state index < -0.39 is 29.7 Å². The molecule has 25 heavy (non-hydrogen) atoms. The van der Waals surface area contributed by atoms with Crippen LogP contribution < -0.4 is 4.90 Å². The monoisotopic (exact) mass is 334 g/mol. The number of rotatable bonds is 2. The summed E-state index contributed by atoms with van der Waals surface area (Å²) < 4.78 is 0. The minimum absolute atomic E-state index is 0.196. The Morgan fingerprint density at radius 2 is 1.52 bits per heavy atom. The van der Waals surface area contributed by atoms with Crippen LogP contribution in [0.4, 0.5) is 5.69 Å². The summed E-state index contributed by atoms with van der Waals surface area (Å²) >= 11 is 0. The lowest BCUT2D eigenvalue weighted by Crippen LogP contribution is -2.45. The topological polar surface area (TPSA) is 74.8 Å². The number of hydrogen-bond acceptors (Lipinski definition) is 4. The van der Waals surface area contributed by atoms with Gasteiger partial charge in [0.15, 0.2) is 0 Å². The number of benzene rings is 2. The van der Waals surface area contributed by atoms with E-state index in [1.807, 2.05) is 13.0 Å². The highest BCUT2D eigenvalue weighted by atomic mass is 16.2. The zero-order chi connectivity index (χ0) is 17.7. The Morgan fingerprint density at radius 1 is 0.880 bits per heavy atom. The highest BCUT2D eigenvalue weighted by molar-refractivity contribution is 6.28. The first kappa shape index (κ1) is 15.3. The van der Waals surface area contributed by atoms with Gasteiger partial charge in [-0.3, -0.25) is 24.1 Å². The first-order valence-corrected chi connectivity index (χ1v) is 7.89. The van der Waals surface area contributed by atoms with Crippen LogP contribution >= 0.6 is 0 Å². The summed E-state index contributed by atoms with van der Waals surface area (Å²) in [7, 11) is 0. The second kappa shape index (κ2) is 5.37. The molecule has 0 bridgehead atoms. The largest absolute Gasteiger partial charge is 0.274 e. The Balaban J connectivity index is 1.70. The molecule has 6 heteroatoms. The molecule has 4 rings (SSSR count). The minimum atomic E-state index is -1.10. The van der Waals surface area contributed by atoms with Crippen LogP contribution in [0.5, 0.6) is 0 Å². The highest BCUT2D eigenvalue weighted by Gasteiger charge is 2.50. The van der Waals surface area contributed by atoms with Gasteiger partial charge >= 0.3 is 0 Å². The summed E-state index contributed by atoms with van der Waals surface area (Å²) in [5.74, 6) is -2.03. The highest BCUT2D eigenvalue weighted by Crippen LogP contribution is 2.31. The number of carbonyl (C=O) groups excluding carboxylic acids is 4. The van der Waals surface area contributed by atoms with Crippen molar-refractivity contribution in [3.63, 3.8) is 0 Å². The van der Waals surface area contributed by atoms with Crippen molar-refractivity contribution >= 4 is 29.3 Å². The Labute approximate surface area is 143 Å². The maximum atomic E-state index is 12.8. The third-order valence-electron chi connectivity index (χ3n) is 4.52. The van der Waals surface area contributed by atoms with Crippen LogP contribution in [0.25, 0.3) is 0 Å². The van der Waals surface area contributed by atoms with Crippen molar-refractivity contribution in [2.45, 2.75) is 19.4 Å². The predicted octanol–water partition coefficient (Wildman–Crippen LogP) is 1.92. The van der Waals surface area contributed by atoms with E-state index in [1.165, 1.54) is 0 Å². The third-order valence-corrected chi connectivity index (χ3v) is 4.52. The minimum Gasteiger partial charge on any atom is -0.274 e. The molecule has 0 aliphatic carbocycles. The summed E-state index contributed by atoms with van der Waals surface area (Å²) in [4.78, 5) is 52.3. The van der Waals surface area contributed by atoms with Crippen molar-refractivity contribution in [2.24, 2.45) is 0 Å². The average molecular weight is 334 g/mol. The van der Waals surface area contributed by atoms with Gasteiger partial charge in [-0.25, -0.2) is 4.90 Å². The van der Waals surface area contributed by atoms with Gasteiger partial charge in [0.2, 0.25) is 5.91 Å². The Bertz CT molecular complexity index is 915. The van der Waals surface area contributed by atoms with E-state index in [-0.39, 0.29) is 17.5 Å². The van der Waals surface area contributed by atoms with Crippen LogP contribution in [0.1, 0.15) is 32.7 Å². The lowest BCUT2D eigenvalue weighted by Gasteiger charge is -2.21. The van der Waals surface area contributed by atoms with Gasteiger partial charge in [0.05, 0.1) is 23.2 Å². The molecule has 1 atom stereocenters. The normalized spacial score (nSPS) is 19.8. The van der Waals surface area contributed by atoms with Gasteiger partial charge in [-0.05, 0) is 36.8 Å². The van der Waals surface area contributed by atoms with E-state index in [0.717, 1.165) is 15.4 Å². The van der Waals surface area contributed by atoms with Crippen LogP contribution in [0.2, 0.25) is 0 Å². The van der Waals surface area contributed by atoms with Gasteiger partial charge in [0.1, 0.15) is 6.04 Å². The molecule has 124 valence electrons. The SMILES string of the molecule is Cc1cccc(N2C(=O)CC(N3C(=O)c4ccccc4C3=O)C2=O)c1. The Morgan fingerprint density at radius 3 is 2.12 bits per heavy atom. The Hall–Kier alpha value is -3.28. The van der Waals surface area contributed by atoms with E-state index >= 15 is 0 Å². The molecule has 2 aliphatic heterocycles. The summed E-state index contributed by atoms with van der Waals surface area (Å²) in [5, 5.41) is 0. The first-order valence-electron chi connectivity index (χ1n) is 7.89. The molecular formula is C19H14N2O4. The van der Waals surface area contributed by atoms with Crippen molar-refractivity contribution in [1.82, 2.24) is 4.90 Å². The quantitative estimate of drug-likeness (QED) is 0.787. The molecule has 0 spiro atoms. The lowest BCUT2D eigenvalue weighted by molar-refractivity contribution is -0.122. The smallest absolute Gasteiger partial charge is 0.262 e. The molecule has 4 amide bonds. The predicted molar refractivity (Wildman–Crippen MR) is 89.0 cm³/mol. The van der Waals surface area contributed by atoms with Crippen molar-refractivity contribution in [1.29, 1.82) is 0 Å². The van der Waals surface area contributed by atoms with Gasteiger partial charge in [0.25, 0.3) is 17.7 Å². The van der Waals surface area contributed by atoms with Crippen molar-refractivity contribution < 1.29 is 19.2 Å². The van der Waals surface area contributed by atoms with Gasteiger partial charge in [-0.15, -0.1) is 0 Å². The fourth-order valence-corrected chi connectivity index (χ4v) is 3.35. The zero-order valence-electron chi connectivity index (χ0n) is 13.4. The lowest BCUT2D eigenvalue weighted by atomic mass is 10.1. The summed E-state index contributed by atoms with van der Waals surface area (Å²) in [6, 6.07) is 12.3. The fourth-order valence-electron chi connectivity index (χ4n) is 3.35. The van der Waals surface area contributed by atoms with Crippen molar-refractivity contribution in [2.75, 3.05) is 4.90 Å². The molecule has 1 unspecified atom stereocenters. The van der Waals surface area contributed by atoms with Gasteiger partial charge < -0.3 is 0 Å². The van der Waals surface area contributed by atoms with E-state index in [9.17, 15) is 19.2 Å². The van der Waals surface area contributed by atoms with E-state index in [4.69, 9.17) is 0 Å². The number of hydrogen-bond donors (Lipinski definition) is 0. The van der Waals surface area contributed by atoms with E-state index in [1.54, 1.807) is 42.5 Å². The molecule has 2 aliphatic rings. The molecule has 0 saturated carbocycles. The summed E-state index contributed by atoms with van der Waals surface area (Å²) in [5.41, 5.74) is 1.89. The molecule has 0 aromatic heterocycles. The van der Waals surface area contributed by atoms with Crippen molar-refractivity contribution in [3.05, 3.63) is 65.2 Å². The fraction of sp³-hybridized carbons (Fsp3) is 0.158. The van der Waals surface area contributed by atoms with Crippen LogP contribution in [-0.4, -0.2) is 34.6 Å². The number of nitrogens with zero attached hydrogens (tertiary/aromatic N) is 2. The van der Waals surface area contributed by atoms with E-state index in [2.05, 4.69) is 0 Å². The first-order chi connectivity index (χ1) is 12.0. The number of anilines is 1.